The highest BCUT2D eigenvalue weighted by Gasteiger charge is 2.10. The third kappa shape index (κ3) is 7.47. The van der Waals surface area contributed by atoms with Crippen LogP contribution >= 0.6 is 11.8 Å². The second kappa shape index (κ2) is 10.8. The Labute approximate surface area is 166 Å². The molecule has 4 nitrogen and oxygen atoms in total. The van der Waals surface area contributed by atoms with E-state index in [2.05, 4.69) is 35.8 Å². The van der Waals surface area contributed by atoms with Gasteiger partial charge in [-0.15, -0.1) is 11.8 Å². The van der Waals surface area contributed by atoms with Crippen LogP contribution in [0, 0.1) is 12.8 Å². The van der Waals surface area contributed by atoms with Crippen molar-refractivity contribution in [3.8, 4) is 0 Å². The van der Waals surface area contributed by atoms with E-state index in [4.69, 9.17) is 0 Å². The van der Waals surface area contributed by atoms with Gasteiger partial charge in [-0.3, -0.25) is 9.59 Å². The monoisotopic (exact) mass is 384 g/mol. The first kappa shape index (κ1) is 21.0. The summed E-state index contributed by atoms with van der Waals surface area (Å²) >= 11 is 1.61. The van der Waals surface area contributed by atoms with Crippen molar-refractivity contribution in [2.45, 2.75) is 39.5 Å². The van der Waals surface area contributed by atoms with Crippen molar-refractivity contribution < 1.29 is 9.59 Å². The maximum Gasteiger partial charge on any atom is 0.230 e. The lowest BCUT2D eigenvalue weighted by Gasteiger charge is -2.11. The molecule has 0 saturated heterocycles. The molecule has 2 amide bonds. The highest BCUT2D eigenvalue weighted by atomic mass is 32.2. The minimum atomic E-state index is -0.0150. The molecule has 0 fully saturated rings. The molecule has 0 aliphatic carbocycles. The predicted octanol–water partition coefficient (Wildman–Crippen LogP) is 4.53. The lowest BCUT2D eigenvalue weighted by molar-refractivity contribution is -0.120. The summed E-state index contributed by atoms with van der Waals surface area (Å²) in [5.41, 5.74) is 4.20. The quantitative estimate of drug-likeness (QED) is 0.668. The number of hydrogen-bond donors (Lipinski definition) is 2. The average Bonchev–Trinajstić information content (AvgIpc) is 2.66. The van der Waals surface area contributed by atoms with E-state index in [1.54, 1.807) is 11.8 Å². The minimum absolute atomic E-state index is 0.0150. The molecule has 2 aromatic rings. The van der Waals surface area contributed by atoms with Gasteiger partial charge in [0.05, 0.1) is 5.75 Å². The Balaban J connectivity index is 1.76. The molecule has 0 bridgehead atoms. The van der Waals surface area contributed by atoms with E-state index in [1.165, 1.54) is 11.1 Å². The van der Waals surface area contributed by atoms with Gasteiger partial charge in [0.15, 0.2) is 0 Å². The summed E-state index contributed by atoms with van der Waals surface area (Å²) in [6.07, 6.45) is 0.807. The van der Waals surface area contributed by atoms with Crippen LogP contribution in [0.3, 0.4) is 0 Å². The van der Waals surface area contributed by atoms with Gasteiger partial charge < -0.3 is 10.6 Å². The zero-order valence-corrected chi connectivity index (χ0v) is 17.1. The van der Waals surface area contributed by atoms with E-state index in [0.717, 1.165) is 23.4 Å². The Morgan fingerprint density at radius 2 is 1.81 bits per heavy atom. The number of hydrogen-bond acceptors (Lipinski definition) is 3. The largest absolute Gasteiger partial charge is 0.351 e. The summed E-state index contributed by atoms with van der Waals surface area (Å²) in [7, 11) is 0. The Bertz CT molecular complexity index is 776. The second-order valence-electron chi connectivity index (χ2n) is 6.76. The van der Waals surface area contributed by atoms with E-state index in [-0.39, 0.29) is 17.7 Å². The van der Waals surface area contributed by atoms with Gasteiger partial charge in [-0.25, -0.2) is 0 Å². The van der Waals surface area contributed by atoms with Crippen LogP contribution in [0.4, 0.5) is 5.69 Å². The van der Waals surface area contributed by atoms with Gasteiger partial charge in [0.2, 0.25) is 11.8 Å². The first-order valence-electron chi connectivity index (χ1n) is 9.27. The molecule has 0 aliphatic rings. The third-order valence-corrected chi connectivity index (χ3v) is 5.33. The number of aryl methyl sites for hydroxylation is 1. The maximum absolute atomic E-state index is 12.1. The van der Waals surface area contributed by atoms with Crippen molar-refractivity contribution in [2.75, 3.05) is 11.1 Å². The minimum Gasteiger partial charge on any atom is -0.351 e. The van der Waals surface area contributed by atoms with Crippen LogP contribution in [0.5, 0.6) is 0 Å². The summed E-state index contributed by atoms with van der Waals surface area (Å²) in [6, 6.07) is 15.9. The molecule has 144 valence electrons. The lowest BCUT2D eigenvalue weighted by Crippen LogP contribution is -2.25. The molecule has 0 spiro atoms. The fourth-order valence-corrected chi connectivity index (χ4v) is 3.33. The number of rotatable bonds is 9. The van der Waals surface area contributed by atoms with Crippen molar-refractivity contribution in [3.05, 3.63) is 65.2 Å². The molecule has 2 N–H and O–H groups in total. The maximum atomic E-state index is 12.1. The Hall–Kier alpha value is -2.27. The summed E-state index contributed by atoms with van der Waals surface area (Å²) in [5, 5.41) is 5.86. The SMILES string of the molecule is CCC(C)C(=O)Nc1cccc(CNC(=O)CSCc2cccc(C)c2)c1. The standard InChI is InChI=1S/C22H28N2O2S/c1-4-17(3)22(26)24-20-10-6-8-18(12-20)13-23-21(25)15-27-14-19-9-5-7-16(2)11-19/h5-12,17H,4,13-15H2,1-3H3,(H,23,25)(H,24,26). The molecule has 27 heavy (non-hydrogen) atoms. The number of thioether (sulfide) groups is 1. The van der Waals surface area contributed by atoms with Crippen LogP contribution in [0.15, 0.2) is 48.5 Å². The molecule has 1 unspecified atom stereocenters. The van der Waals surface area contributed by atoms with E-state index >= 15 is 0 Å². The van der Waals surface area contributed by atoms with Gasteiger partial charge in [-0.1, -0.05) is 55.8 Å². The Morgan fingerprint density at radius 1 is 1.07 bits per heavy atom. The smallest absolute Gasteiger partial charge is 0.230 e. The summed E-state index contributed by atoms with van der Waals surface area (Å²) in [6.45, 7) is 6.43. The Morgan fingerprint density at radius 3 is 2.56 bits per heavy atom. The first-order valence-corrected chi connectivity index (χ1v) is 10.4. The lowest BCUT2D eigenvalue weighted by atomic mass is 10.1. The molecule has 0 saturated carbocycles. The van der Waals surface area contributed by atoms with Gasteiger partial charge in [0.25, 0.3) is 0 Å². The molecule has 0 aromatic heterocycles. The van der Waals surface area contributed by atoms with Gasteiger partial charge in [-0.05, 0) is 36.6 Å². The van der Waals surface area contributed by atoms with Crippen LogP contribution in [-0.4, -0.2) is 17.6 Å². The normalized spacial score (nSPS) is 11.7. The predicted molar refractivity (Wildman–Crippen MR) is 114 cm³/mol. The van der Waals surface area contributed by atoms with Crippen molar-refractivity contribution in [3.63, 3.8) is 0 Å². The van der Waals surface area contributed by atoms with E-state index in [0.29, 0.717) is 12.3 Å². The Kier molecular flexibility index (Phi) is 8.40. The highest BCUT2D eigenvalue weighted by molar-refractivity contribution is 7.99. The van der Waals surface area contributed by atoms with Crippen LogP contribution in [0.1, 0.15) is 37.0 Å². The third-order valence-electron chi connectivity index (χ3n) is 4.33. The van der Waals surface area contributed by atoms with E-state index < -0.39 is 0 Å². The summed E-state index contributed by atoms with van der Waals surface area (Å²) in [4.78, 5) is 24.1. The number of anilines is 1. The van der Waals surface area contributed by atoms with Gasteiger partial charge >= 0.3 is 0 Å². The van der Waals surface area contributed by atoms with Crippen molar-refractivity contribution >= 4 is 29.3 Å². The second-order valence-corrected chi connectivity index (χ2v) is 7.74. The highest BCUT2D eigenvalue weighted by Crippen LogP contribution is 2.15. The summed E-state index contributed by atoms with van der Waals surface area (Å²) in [5.74, 6) is 1.27. The molecular formula is C22H28N2O2S. The van der Waals surface area contributed by atoms with Crippen LogP contribution in [0.2, 0.25) is 0 Å². The van der Waals surface area contributed by atoms with Crippen LogP contribution < -0.4 is 10.6 Å². The van der Waals surface area contributed by atoms with E-state index in [9.17, 15) is 9.59 Å². The van der Waals surface area contributed by atoms with Crippen LogP contribution in [-0.2, 0) is 21.9 Å². The van der Waals surface area contributed by atoms with Crippen molar-refractivity contribution in [2.24, 2.45) is 5.92 Å². The van der Waals surface area contributed by atoms with Gasteiger partial charge in [0.1, 0.15) is 0 Å². The average molecular weight is 385 g/mol. The van der Waals surface area contributed by atoms with Crippen molar-refractivity contribution in [1.29, 1.82) is 0 Å². The molecule has 0 aliphatic heterocycles. The van der Waals surface area contributed by atoms with Gasteiger partial charge in [-0.2, -0.15) is 0 Å². The zero-order valence-electron chi connectivity index (χ0n) is 16.2. The molecule has 2 aromatic carbocycles. The molecule has 1 atom stereocenters. The van der Waals surface area contributed by atoms with E-state index in [1.807, 2.05) is 44.2 Å². The molecule has 5 heteroatoms. The number of carbonyl (C=O) groups excluding carboxylic acids is 2. The van der Waals surface area contributed by atoms with Gasteiger partial charge in [0, 0.05) is 23.9 Å². The summed E-state index contributed by atoms with van der Waals surface area (Å²) < 4.78 is 0. The molecule has 0 radical (unpaired) electrons. The fourth-order valence-electron chi connectivity index (χ4n) is 2.53. The first-order chi connectivity index (χ1) is 13.0. The van der Waals surface area contributed by atoms with Crippen LogP contribution in [0.25, 0.3) is 0 Å². The number of nitrogens with one attached hydrogen (secondary N) is 2. The number of carbonyl (C=O) groups is 2. The topological polar surface area (TPSA) is 58.2 Å². The van der Waals surface area contributed by atoms with Crippen molar-refractivity contribution in [1.82, 2.24) is 5.32 Å². The molecular weight excluding hydrogens is 356 g/mol. The number of benzene rings is 2. The zero-order chi connectivity index (χ0) is 19.6. The number of amides is 2. The molecule has 2 rings (SSSR count). The fraction of sp³-hybridized carbons (Fsp3) is 0.364. The molecule has 0 heterocycles.